The summed E-state index contributed by atoms with van der Waals surface area (Å²) in [5.41, 5.74) is 12.7. The van der Waals surface area contributed by atoms with E-state index in [0.29, 0.717) is 17.9 Å². The molecule has 0 bridgehead atoms. The molecule has 4 N–H and O–H groups in total. The number of amides is 1. The lowest BCUT2D eigenvalue weighted by Crippen LogP contribution is -2.55. The zero-order valence-electron chi connectivity index (χ0n) is 11.5. The molecule has 1 aromatic rings. The van der Waals surface area contributed by atoms with Crippen LogP contribution in [0.2, 0.25) is 0 Å². The Labute approximate surface area is 113 Å². The third-order valence-electron chi connectivity index (χ3n) is 3.62. The number of likely N-dealkylation sites (N-methyl/N-ethyl adjacent to an activating group) is 1. The van der Waals surface area contributed by atoms with Crippen molar-refractivity contribution in [2.75, 3.05) is 38.1 Å². The highest BCUT2D eigenvalue weighted by molar-refractivity contribution is 5.99. The third kappa shape index (κ3) is 2.69. The number of rotatable bonds is 3. The fourth-order valence-corrected chi connectivity index (χ4v) is 2.56. The Bertz CT molecular complexity index is 476. The molecule has 0 aromatic carbocycles. The number of anilines is 1. The molecular formula is C13H21N5O. The molecule has 0 spiro atoms. The lowest BCUT2D eigenvalue weighted by molar-refractivity contribution is 0.0999. The molecule has 6 nitrogen and oxygen atoms in total. The molecule has 1 amide bonds. The Balaban J connectivity index is 2.40. The summed E-state index contributed by atoms with van der Waals surface area (Å²) in [5, 5.41) is 0. The SMILES string of the molecule is Cc1ccnc(N2CCN(C)CC2CN)c1C(N)=O. The Morgan fingerprint density at radius 2 is 2.26 bits per heavy atom. The van der Waals surface area contributed by atoms with Crippen molar-refractivity contribution in [1.29, 1.82) is 0 Å². The summed E-state index contributed by atoms with van der Waals surface area (Å²) in [6.45, 7) is 4.99. The number of carbonyl (C=O) groups excluding carboxylic acids is 1. The zero-order valence-corrected chi connectivity index (χ0v) is 11.5. The van der Waals surface area contributed by atoms with Crippen molar-refractivity contribution < 1.29 is 4.79 Å². The van der Waals surface area contributed by atoms with E-state index in [0.717, 1.165) is 25.2 Å². The normalized spacial score (nSPS) is 20.6. The number of aryl methyl sites for hydroxylation is 1. The number of aromatic nitrogens is 1. The van der Waals surface area contributed by atoms with Crippen LogP contribution in [-0.2, 0) is 0 Å². The highest BCUT2D eigenvalue weighted by atomic mass is 16.1. The van der Waals surface area contributed by atoms with Crippen LogP contribution in [0.5, 0.6) is 0 Å². The molecule has 1 unspecified atom stereocenters. The number of pyridine rings is 1. The molecule has 1 atom stereocenters. The van der Waals surface area contributed by atoms with E-state index < -0.39 is 5.91 Å². The first kappa shape index (κ1) is 13.8. The minimum Gasteiger partial charge on any atom is -0.365 e. The number of hydrogen-bond acceptors (Lipinski definition) is 5. The Morgan fingerprint density at radius 1 is 1.53 bits per heavy atom. The second-order valence-electron chi connectivity index (χ2n) is 5.04. The number of primary amides is 1. The lowest BCUT2D eigenvalue weighted by atomic mass is 10.1. The third-order valence-corrected chi connectivity index (χ3v) is 3.62. The van der Waals surface area contributed by atoms with E-state index in [1.54, 1.807) is 12.3 Å². The predicted octanol–water partition coefficient (Wildman–Crippen LogP) is -0.432. The van der Waals surface area contributed by atoms with E-state index in [4.69, 9.17) is 11.5 Å². The summed E-state index contributed by atoms with van der Waals surface area (Å²) in [6.07, 6.45) is 1.71. The molecule has 6 heteroatoms. The van der Waals surface area contributed by atoms with Gasteiger partial charge in [0.25, 0.3) is 5.91 Å². The van der Waals surface area contributed by atoms with Crippen molar-refractivity contribution in [3.05, 3.63) is 23.4 Å². The summed E-state index contributed by atoms with van der Waals surface area (Å²) in [4.78, 5) is 20.4. The second kappa shape index (κ2) is 5.54. The predicted molar refractivity (Wildman–Crippen MR) is 75.2 cm³/mol. The summed E-state index contributed by atoms with van der Waals surface area (Å²) >= 11 is 0. The van der Waals surface area contributed by atoms with Gasteiger partial charge in [0.15, 0.2) is 0 Å². The first-order valence-corrected chi connectivity index (χ1v) is 6.45. The van der Waals surface area contributed by atoms with Gasteiger partial charge in [-0.25, -0.2) is 4.98 Å². The number of nitrogens with zero attached hydrogens (tertiary/aromatic N) is 3. The van der Waals surface area contributed by atoms with Crippen molar-refractivity contribution in [2.45, 2.75) is 13.0 Å². The Kier molecular flexibility index (Phi) is 4.01. The van der Waals surface area contributed by atoms with Gasteiger partial charge in [0.2, 0.25) is 0 Å². The Hall–Kier alpha value is -1.66. The molecule has 1 aromatic heterocycles. The summed E-state index contributed by atoms with van der Waals surface area (Å²) in [6, 6.07) is 1.96. The van der Waals surface area contributed by atoms with E-state index in [2.05, 4.69) is 21.8 Å². The molecule has 2 heterocycles. The fraction of sp³-hybridized carbons (Fsp3) is 0.538. The van der Waals surface area contributed by atoms with Crippen LogP contribution in [0.1, 0.15) is 15.9 Å². The first-order chi connectivity index (χ1) is 9.04. The molecule has 1 aliphatic heterocycles. The van der Waals surface area contributed by atoms with Gasteiger partial charge in [-0.05, 0) is 25.6 Å². The highest BCUT2D eigenvalue weighted by Crippen LogP contribution is 2.24. The van der Waals surface area contributed by atoms with Crippen molar-refractivity contribution in [3.8, 4) is 0 Å². The number of carbonyl (C=O) groups is 1. The van der Waals surface area contributed by atoms with Crippen LogP contribution in [0.3, 0.4) is 0 Å². The van der Waals surface area contributed by atoms with Crippen LogP contribution in [0.25, 0.3) is 0 Å². The van der Waals surface area contributed by atoms with Gasteiger partial charge in [0, 0.05) is 32.4 Å². The van der Waals surface area contributed by atoms with Gasteiger partial charge in [0.1, 0.15) is 5.82 Å². The molecule has 0 radical (unpaired) electrons. The van der Waals surface area contributed by atoms with Gasteiger partial charge in [-0.3, -0.25) is 4.79 Å². The summed E-state index contributed by atoms with van der Waals surface area (Å²) in [7, 11) is 2.07. The van der Waals surface area contributed by atoms with Gasteiger partial charge >= 0.3 is 0 Å². The van der Waals surface area contributed by atoms with E-state index in [1.807, 2.05) is 6.92 Å². The number of nitrogens with two attached hydrogens (primary N) is 2. The molecular weight excluding hydrogens is 242 g/mol. The van der Waals surface area contributed by atoms with Crippen LogP contribution >= 0.6 is 0 Å². The minimum atomic E-state index is -0.435. The quantitative estimate of drug-likeness (QED) is 0.772. The first-order valence-electron chi connectivity index (χ1n) is 6.45. The molecule has 104 valence electrons. The maximum absolute atomic E-state index is 11.7. The standard InChI is InChI=1S/C13H21N5O/c1-9-3-4-16-13(11(9)12(15)19)18-6-5-17(2)8-10(18)7-14/h3-4,10H,5-8,14H2,1-2H3,(H2,15,19). The van der Waals surface area contributed by atoms with Gasteiger partial charge in [-0.2, -0.15) is 0 Å². The van der Waals surface area contributed by atoms with Crippen LogP contribution in [0, 0.1) is 6.92 Å². The van der Waals surface area contributed by atoms with E-state index >= 15 is 0 Å². The van der Waals surface area contributed by atoms with Crippen molar-refractivity contribution >= 4 is 11.7 Å². The average molecular weight is 263 g/mol. The van der Waals surface area contributed by atoms with Crippen molar-refractivity contribution in [3.63, 3.8) is 0 Å². The average Bonchev–Trinajstić information content (AvgIpc) is 2.37. The lowest BCUT2D eigenvalue weighted by Gasteiger charge is -2.40. The van der Waals surface area contributed by atoms with Crippen LogP contribution < -0.4 is 16.4 Å². The molecule has 0 saturated carbocycles. The van der Waals surface area contributed by atoms with Gasteiger partial charge in [-0.15, -0.1) is 0 Å². The van der Waals surface area contributed by atoms with Gasteiger partial charge in [0.05, 0.1) is 11.6 Å². The van der Waals surface area contributed by atoms with Crippen LogP contribution in [0.15, 0.2) is 12.3 Å². The molecule has 1 aliphatic rings. The number of hydrogen-bond donors (Lipinski definition) is 2. The zero-order chi connectivity index (χ0) is 14.0. The Morgan fingerprint density at radius 3 is 2.89 bits per heavy atom. The monoisotopic (exact) mass is 263 g/mol. The smallest absolute Gasteiger partial charge is 0.252 e. The van der Waals surface area contributed by atoms with Gasteiger partial charge in [-0.1, -0.05) is 0 Å². The van der Waals surface area contributed by atoms with Crippen molar-refractivity contribution in [1.82, 2.24) is 9.88 Å². The molecule has 1 saturated heterocycles. The second-order valence-corrected chi connectivity index (χ2v) is 5.04. The van der Waals surface area contributed by atoms with E-state index in [1.165, 1.54) is 0 Å². The topological polar surface area (TPSA) is 88.5 Å². The maximum Gasteiger partial charge on any atom is 0.252 e. The minimum absolute atomic E-state index is 0.158. The molecule has 1 fully saturated rings. The van der Waals surface area contributed by atoms with Crippen LogP contribution in [0.4, 0.5) is 5.82 Å². The summed E-state index contributed by atoms with van der Waals surface area (Å²) in [5.74, 6) is 0.228. The van der Waals surface area contributed by atoms with Gasteiger partial charge < -0.3 is 21.3 Å². The number of piperazine rings is 1. The molecule has 0 aliphatic carbocycles. The van der Waals surface area contributed by atoms with Crippen molar-refractivity contribution in [2.24, 2.45) is 11.5 Å². The molecule has 2 rings (SSSR count). The van der Waals surface area contributed by atoms with Crippen LogP contribution in [-0.4, -0.2) is 55.1 Å². The fourth-order valence-electron chi connectivity index (χ4n) is 2.56. The largest absolute Gasteiger partial charge is 0.365 e. The molecule has 19 heavy (non-hydrogen) atoms. The van der Waals surface area contributed by atoms with E-state index in [9.17, 15) is 4.79 Å². The summed E-state index contributed by atoms with van der Waals surface area (Å²) < 4.78 is 0. The van der Waals surface area contributed by atoms with E-state index in [-0.39, 0.29) is 6.04 Å². The highest BCUT2D eigenvalue weighted by Gasteiger charge is 2.28. The maximum atomic E-state index is 11.7.